The lowest BCUT2D eigenvalue weighted by Gasteiger charge is -2.17. The van der Waals surface area contributed by atoms with Crippen LogP contribution in [0.15, 0.2) is 34.7 Å². The molecule has 1 atom stereocenters. The number of aromatic nitrogens is 2. The molecule has 0 radical (unpaired) electrons. The van der Waals surface area contributed by atoms with Crippen LogP contribution in [0.1, 0.15) is 48.6 Å². The van der Waals surface area contributed by atoms with E-state index in [4.69, 9.17) is 4.42 Å². The molecule has 0 saturated heterocycles. The first-order chi connectivity index (χ1) is 9.86. The van der Waals surface area contributed by atoms with Crippen molar-refractivity contribution in [1.29, 1.82) is 0 Å². The molecule has 20 heavy (non-hydrogen) atoms. The maximum absolute atomic E-state index is 9.19. The molecule has 3 rings (SSSR count). The van der Waals surface area contributed by atoms with E-state index in [1.54, 1.807) is 0 Å². The van der Waals surface area contributed by atoms with Crippen LogP contribution >= 0.6 is 0 Å². The van der Waals surface area contributed by atoms with Crippen LogP contribution in [0.3, 0.4) is 0 Å². The van der Waals surface area contributed by atoms with Crippen LogP contribution in [-0.4, -0.2) is 21.9 Å². The Labute approximate surface area is 118 Å². The number of rotatable bonds is 7. The first-order valence-corrected chi connectivity index (χ1v) is 7.08. The van der Waals surface area contributed by atoms with Gasteiger partial charge < -0.3 is 14.8 Å². The van der Waals surface area contributed by atoms with Crippen molar-refractivity contribution in [2.75, 3.05) is 6.61 Å². The lowest BCUT2D eigenvalue weighted by molar-refractivity contribution is 0.262. The molecule has 0 spiro atoms. The minimum Gasteiger partial charge on any atom is -0.424 e. The molecular formula is C15H19N3O2. The Morgan fingerprint density at radius 1 is 1.25 bits per heavy atom. The van der Waals surface area contributed by atoms with Crippen molar-refractivity contribution in [3.05, 3.63) is 47.7 Å². The molecular weight excluding hydrogens is 254 g/mol. The third-order valence-corrected chi connectivity index (χ3v) is 3.53. The van der Waals surface area contributed by atoms with E-state index in [0.29, 0.717) is 24.8 Å². The number of hydrogen-bond donors (Lipinski definition) is 2. The largest absolute Gasteiger partial charge is 0.424 e. The summed E-state index contributed by atoms with van der Waals surface area (Å²) in [5, 5.41) is 20.7. The van der Waals surface area contributed by atoms with Gasteiger partial charge in [0.2, 0.25) is 11.8 Å². The minimum absolute atomic E-state index is 0.0949. The zero-order valence-corrected chi connectivity index (χ0v) is 11.3. The van der Waals surface area contributed by atoms with Gasteiger partial charge in [0.15, 0.2) is 0 Å². The highest BCUT2D eigenvalue weighted by atomic mass is 16.4. The van der Waals surface area contributed by atoms with Gasteiger partial charge in [0, 0.05) is 18.6 Å². The smallest absolute Gasteiger partial charge is 0.230 e. The van der Waals surface area contributed by atoms with E-state index in [1.807, 2.05) is 18.2 Å². The Bertz CT molecular complexity index is 537. The highest BCUT2D eigenvalue weighted by Crippen LogP contribution is 2.39. The van der Waals surface area contributed by atoms with Crippen molar-refractivity contribution in [2.45, 2.75) is 37.8 Å². The van der Waals surface area contributed by atoms with Gasteiger partial charge in [0.05, 0.1) is 6.54 Å². The van der Waals surface area contributed by atoms with Crippen molar-refractivity contribution in [1.82, 2.24) is 15.5 Å². The number of aliphatic hydroxyl groups is 1. The third kappa shape index (κ3) is 3.23. The lowest BCUT2D eigenvalue weighted by Crippen LogP contribution is -2.22. The van der Waals surface area contributed by atoms with Crippen LogP contribution in [0.4, 0.5) is 0 Å². The molecule has 1 aliphatic carbocycles. The lowest BCUT2D eigenvalue weighted by atomic mass is 10.0. The quantitative estimate of drug-likeness (QED) is 0.809. The summed E-state index contributed by atoms with van der Waals surface area (Å²) in [6.07, 6.45) is 2.98. The SMILES string of the molecule is OCCC(NCc1nnc(C2CC2)o1)c1ccccc1. The molecule has 5 nitrogen and oxygen atoms in total. The molecule has 1 saturated carbocycles. The zero-order valence-electron chi connectivity index (χ0n) is 11.3. The summed E-state index contributed by atoms with van der Waals surface area (Å²) in [5.74, 6) is 1.87. The van der Waals surface area contributed by atoms with Gasteiger partial charge in [-0.25, -0.2) is 0 Å². The maximum Gasteiger partial charge on any atom is 0.230 e. The summed E-state index contributed by atoms with van der Waals surface area (Å²) in [7, 11) is 0. The van der Waals surface area contributed by atoms with Gasteiger partial charge >= 0.3 is 0 Å². The van der Waals surface area contributed by atoms with E-state index in [9.17, 15) is 5.11 Å². The summed E-state index contributed by atoms with van der Waals surface area (Å²) < 4.78 is 5.62. The van der Waals surface area contributed by atoms with E-state index < -0.39 is 0 Å². The second kappa shape index (κ2) is 6.15. The Morgan fingerprint density at radius 2 is 2.05 bits per heavy atom. The van der Waals surface area contributed by atoms with E-state index >= 15 is 0 Å². The average Bonchev–Trinajstić information content (AvgIpc) is 3.24. The van der Waals surface area contributed by atoms with Crippen LogP contribution in [0, 0.1) is 0 Å². The summed E-state index contributed by atoms with van der Waals surface area (Å²) in [4.78, 5) is 0. The molecule has 0 amide bonds. The second-order valence-corrected chi connectivity index (χ2v) is 5.16. The second-order valence-electron chi connectivity index (χ2n) is 5.16. The predicted octanol–water partition coefficient (Wildman–Crippen LogP) is 2.16. The van der Waals surface area contributed by atoms with Crippen molar-refractivity contribution in [3.8, 4) is 0 Å². The number of aliphatic hydroxyl groups excluding tert-OH is 1. The normalized spacial score (nSPS) is 16.2. The Hall–Kier alpha value is -1.72. The summed E-state index contributed by atoms with van der Waals surface area (Å²) in [5.41, 5.74) is 1.16. The number of hydrogen-bond acceptors (Lipinski definition) is 5. The van der Waals surface area contributed by atoms with Crippen molar-refractivity contribution in [3.63, 3.8) is 0 Å². The van der Waals surface area contributed by atoms with Crippen molar-refractivity contribution < 1.29 is 9.52 Å². The highest BCUT2D eigenvalue weighted by molar-refractivity contribution is 5.18. The Kier molecular flexibility index (Phi) is 4.08. The van der Waals surface area contributed by atoms with Crippen LogP contribution in [0.5, 0.6) is 0 Å². The molecule has 106 valence electrons. The molecule has 2 aromatic rings. The molecule has 1 unspecified atom stereocenters. The molecule has 1 fully saturated rings. The predicted molar refractivity (Wildman–Crippen MR) is 74.0 cm³/mol. The fourth-order valence-electron chi connectivity index (χ4n) is 2.24. The van der Waals surface area contributed by atoms with Crippen LogP contribution in [0.25, 0.3) is 0 Å². The molecule has 1 aliphatic rings. The highest BCUT2D eigenvalue weighted by Gasteiger charge is 2.29. The molecule has 2 N–H and O–H groups in total. The monoisotopic (exact) mass is 273 g/mol. The summed E-state index contributed by atoms with van der Waals surface area (Å²) in [6, 6.07) is 10.2. The summed E-state index contributed by atoms with van der Waals surface area (Å²) >= 11 is 0. The Morgan fingerprint density at radius 3 is 2.75 bits per heavy atom. The van der Waals surface area contributed by atoms with Crippen molar-refractivity contribution >= 4 is 0 Å². The van der Waals surface area contributed by atoms with Gasteiger partial charge in [0.1, 0.15) is 0 Å². The van der Waals surface area contributed by atoms with E-state index in [-0.39, 0.29) is 12.6 Å². The topological polar surface area (TPSA) is 71.2 Å². The van der Waals surface area contributed by atoms with Gasteiger partial charge in [-0.2, -0.15) is 0 Å². The molecule has 1 aromatic heterocycles. The first-order valence-electron chi connectivity index (χ1n) is 7.08. The average molecular weight is 273 g/mol. The van der Waals surface area contributed by atoms with Crippen LogP contribution < -0.4 is 5.32 Å². The fourth-order valence-corrected chi connectivity index (χ4v) is 2.24. The molecule has 0 aliphatic heterocycles. The van der Waals surface area contributed by atoms with Crippen LogP contribution in [0.2, 0.25) is 0 Å². The third-order valence-electron chi connectivity index (χ3n) is 3.53. The first kappa shape index (κ1) is 13.3. The van der Waals surface area contributed by atoms with Gasteiger partial charge in [-0.15, -0.1) is 10.2 Å². The van der Waals surface area contributed by atoms with E-state index in [1.165, 1.54) is 0 Å². The minimum atomic E-state index is 0.0949. The number of benzene rings is 1. The standard InChI is InChI=1S/C15H19N3O2/c19-9-8-13(11-4-2-1-3-5-11)16-10-14-17-18-15(20-14)12-6-7-12/h1-5,12-13,16,19H,6-10H2. The fraction of sp³-hybridized carbons (Fsp3) is 0.467. The molecule has 1 heterocycles. The van der Waals surface area contributed by atoms with E-state index in [0.717, 1.165) is 24.3 Å². The molecule has 5 heteroatoms. The van der Waals surface area contributed by atoms with E-state index in [2.05, 4.69) is 27.6 Å². The van der Waals surface area contributed by atoms with Gasteiger partial charge in [-0.05, 0) is 24.8 Å². The summed E-state index contributed by atoms with van der Waals surface area (Å²) in [6.45, 7) is 0.670. The molecule has 0 bridgehead atoms. The Balaban J connectivity index is 1.61. The van der Waals surface area contributed by atoms with Gasteiger partial charge in [-0.3, -0.25) is 0 Å². The number of nitrogens with one attached hydrogen (secondary N) is 1. The zero-order chi connectivity index (χ0) is 13.8. The number of nitrogens with zero attached hydrogens (tertiary/aromatic N) is 2. The van der Waals surface area contributed by atoms with Gasteiger partial charge in [0.25, 0.3) is 0 Å². The maximum atomic E-state index is 9.19. The van der Waals surface area contributed by atoms with Gasteiger partial charge in [-0.1, -0.05) is 30.3 Å². The van der Waals surface area contributed by atoms with Crippen LogP contribution in [-0.2, 0) is 6.54 Å². The molecule has 1 aromatic carbocycles. The van der Waals surface area contributed by atoms with Crippen molar-refractivity contribution in [2.24, 2.45) is 0 Å².